The van der Waals surface area contributed by atoms with Crippen LogP contribution in [0.3, 0.4) is 0 Å². The molecule has 1 saturated heterocycles. The van der Waals surface area contributed by atoms with Crippen molar-refractivity contribution in [2.45, 2.75) is 32.4 Å². The van der Waals surface area contributed by atoms with Crippen molar-refractivity contribution in [1.29, 1.82) is 0 Å². The van der Waals surface area contributed by atoms with Crippen LogP contribution in [0.25, 0.3) is 0 Å². The highest BCUT2D eigenvalue weighted by atomic mass is 79.9. The van der Waals surface area contributed by atoms with Gasteiger partial charge in [0.2, 0.25) is 11.8 Å². The summed E-state index contributed by atoms with van der Waals surface area (Å²) in [6, 6.07) is 10.3. The number of carbonyl (C=O) groups excluding carboxylic acids is 2. The van der Waals surface area contributed by atoms with Crippen LogP contribution in [-0.2, 0) is 4.79 Å². The van der Waals surface area contributed by atoms with Crippen molar-refractivity contribution >= 4 is 39.5 Å². The number of ether oxygens (including phenoxy) is 1. The van der Waals surface area contributed by atoms with Crippen molar-refractivity contribution in [1.82, 2.24) is 15.2 Å². The fraction of sp³-hybridized carbons (Fsp3) is 0.350. The predicted molar refractivity (Wildman–Crippen MR) is 114 cm³/mol. The van der Waals surface area contributed by atoms with Gasteiger partial charge in [0.15, 0.2) is 0 Å². The normalized spacial score (nSPS) is 16.7. The summed E-state index contributed by atoms with van der Waals surface area (Å²) in [6.45, 7) is 5.77. The third-order valence-electron chi connectivity index (χ3n) is 3.95. The van der Waals surface area contributed by atoms with Crippen molar-refractivity contribution in [2.24, 2.45) is 0 Å². The molecular formula is C20H22BrN3O3S. The van der Waals surface area contributed by atoms with E-state index in [1.165, 1.54) is 6.20 Å². The summed E-state index contributed by atoms with van der Waals surface area (Å²) in [6.07, 6.45) is 1.48. The number of rotatable bonds is 4. The van der Waals surface area contributed by atoms with E-state index in [-0.39, 0.29) is 17.4 Å². The Morgan fingerprint density at radius 2 is 2.07 bits per heavy atom. The Morgan fingerprint density at radius 3 is 2.71 bits per heavy atom. The summed E-state index contributed by atoms with van der Waals surface area (Å²) < 4.78 is 6.60. The van der Waals surface area contributed by atoms with E-state index in [9.17, 15) is 9.59 Å². The molecular weight excluding hydrogens is 442 g/mol. The van der Waals surface area contributed by atoms with Crippen molar-refractivity contribution < 1.29 is 14.3 Å². The highest BCUT2D eigenvalue weighted by Crippen LogP contribution is 2.26. The molecule has 2 aromatic rings. The summed E-state index contributed by atoms with van der Waals surface area (Å²) in [7, 11) is 0. The maximum absolute atomic E-state index is 12.9. The maximum atomic E-state index is 12.9. The second-order valence-electron chi connectivity index (χ2n) is 7.47. The minimum Gasteiger partial charge on any atom is -0.439 e. The molecule has 0 bridgehead atoms. The van der Waals surface area contributed by atoms with Gasteiger partial charge in [0.1, 0.15) is 11.8 Å². The average molecular weight is 464 g/mol. The Balaban J connectivity index is 1.69. The molecule has 1 aromatic carbocycles. The topological polar surface area (TPSA) is 71.5 Å². The summed E-state index contributed by atoms with van der Waals surface area (Å²) in [5, 5.41) is 2.95. The lowest BCUT2D eigenvalue weighted by Crippen LogP contribution is -2.52. The monoisotopic (exact) mass is 463 g/mol. The van der Waals surface area contributed by atoms with E-state index in [1.54, 1.807) is 28.8 Å². The maximum Gasteiger partial charge on any atom is 0.256 e. The number of nitrogens with zero attached hydrogens (tertiary/aromatic N) is 2. The predicted octanol–water partition coefficient (Wildman–Crippen LogP) is 4.07. The van der Waals surface area contributed by atoms with E-state index < -0.39 is 6.04 Å². The number of hydrogen-bond acceptors (Lipinski definition) is 5. The number of hydrogen-bond donors (Lipinski definition) is 1. The van der Waals surface area contributed by atoms with E-state index in [0.29, 0.717) is 28.8 Å². The molecule has 0 saturated carbocycles. The molecule has 1 aromatic heterocycles. The Labute approximate surface area is 177 Å². The lowest BCUT2D eigenvalue weighted by atomic mass is 10.1. The summed E-state index contributed by atoms with van der Waals surface area (Å²) in [4.78, 5) is 31.2. The van der Waals surface area contributed by atoms with Gasteiger partial charge < -0.3 is 15.0 Å². The van der Waals surface area contributed by atoms with Crippen LogP contribution in [-0.4, -0.2) is 44.9 Å². The largest absolute Gasteiger partial charge is 0.439 e. The Hall–Kier alpha value is -2.06. The number of benzene rings is 1. The quantitative estimate of drug-likeness (QED) is 0.739. The minimum atomic E-state index is -0.477. The number of pyridine rings is 1. The van der Waals surface area contributed by atoms with Crippen molar-refractivity contribution in [2.75, 3.05) is 11.6 Å². The summed E-state index contributed by atoms with van der Waals surface area (Å²) in [5.74, 6) is 1.78. The first-order valence-corrected chi connectivity index (χ1v) is 10.8. The van der Waals surface area contributed by atoms with Gasteiger partial charge in [0, 0.05) is 28.0 Å². The molecule has 1 aliphatic heterocycles. The van der Waals surface area contributed by atoms with Gasteiger partial charge in [-0.25, -0.2) is 4.98 Å². The molecule has 1 N–H and O–H groups in total. The SMILES string of the molecule is CC(C)(C)NC(=O)[C@@H]1CSCN1C(=O)c1ccc(Oc2cccc(Br)c2)nc1. The Kier molecular flexibility index (Phi) is 6.30. The molecule has 2 amide bonds. The molecule has 28 heavy (non-hydrogen) atoms. The second-order valence-corrected chi connectivity index (χ2v) is 9.39. The average Bonchev–Trinajstić information content (AvgIpc) is 3.10. The first kappa shape index (κ1) is 20.7. The van der Waals surface area contributed by atoms with E-state index in [4.69, 9.17) is 4.74 Å². The molecule has 6 nitrogen and oxygen atoms in total. The van der Waals surface area contributed by atoms with Gasteiger partial charge in [-0.15, -0.1) is 11.8 Å². The zero-order valence-corrected chi connectivity index (χ0v) is 18.3. The number of carbonyl (C=O) groups is 2. The van der Waals surface area contributed by atoms with Gasteiger partial charge in [0.25, 0.3) is 5.91 Å². The highest BCUT2D eigenvalue weighted by molar-refractivity contribution is 9.10. The van der Waals surface area contributed by atoms with Crippen LogP contribution in [0.4, 0.5) is 0 Å². The molecule has 0 radical (unpaired) electrons. The molecule has 3 rings (SSSR count). The number of thioether (sulfide) groups is 1. The Bertz CT molecular complexity index is 868. The molecule has 1 atom stereocenters. The minimum absolute atomic E-state index is 0.131. The van der Waals surface area contributed by atoms with Gasteiger partial charge in [0.05, 0.1) is 11.4 Å². The van der Waals surface area contributed by atoms with Crippen molar-refractivity contribution in [3.63, 3.8) is 0 Å². The number of amides is 2. The van der Waals surface area contributed by atoms with Crippen molar-refractivity contribution in [3.05, 3.63) is 52.6 Å². The Morgan fingerprint density at radius 1 is 1.29 bits per heavy atom. The van der Waals surface area contributed by atoms with E-state index in [0.717, 1.165) is 4.47 Å². The zero-order valence-electron chi connectivity index (χ0n) is 15.9. The van der Waals surface area contributed by atoms with Gasteiger partial charge in [-0.3, -0.25) is 9.59 Å². The highest BCUT2D eigenvalue weighted by Gasteiger charge is 2.36. The van der Waals surface area contributed by atoms with Crippen LogP contribution >= 0.6 is 27.7 Å². The summed E-state index contributed by atoms with van der Waals surface area (Å²) >= 11 is 4.96. The van der Waals surface area contributed by atoms with Crippen molar-refractivity contribution in [3.8, 4) is 11.6 Å². The smallest absolute Gasteiger partial charge is 0.256 e. The number of aromatic nitrogens is 1. The first-order chi connectivity index (χ1) is 13.2. The van der Waals surface area contributed by atoms with Crippen LogP contribution < -0.4 is 10.1 Å². The van der Waals surface area contributed by atoms with Gasteiger partial charge >= 0.3 is 0 Å². The van der Waals surface area contributed by atoms with E-state index in [1.807, 2.05) is 45.0 Å². The zero-order chi connectivity index (χ0) is 20.3. The second kappa shape index (κ2) is 8.53. The molecule has 0 unspecified atom stereocenters. The molecule has 2 heterocycles. The number of nitrogens with one attached hydrogen (secondary N) is 1. The standard InChI is InChI=1S/C20H22BrN3O3S/c1-20(2,3)23-18(25)16-11-28-12-24(16)19(26)13-7-8-17(22-10-13)27-15-6-4-5-14(21)9-15/h4-10,16H,11-12H2,1-3H3,(H,23,25)/t16-/m0/s1. The van der Waals surface area contributed by atoms with E-state index >= 15 is 0 Å². The molecule has 0 spiro atoms. The number of halogens is 1. The van der Waals surface area contributed by atoms with Crippen LogP contribution in [0.2, 0.25) is 0 Å². The fourth-order valence-corrected chi connectivity index (χ4v) is 4.23. The molecule has 1 fully saturated rings. The fourth-order valence-electron chi connectivity index (χ4n) is 2.70. The van der Waals surface area contributed by atoms with Gasteiger partial charge in [-0.2, -0.15) is 0 Å². The lowest BCUT2D eigenvalue weighted by Gasteiger charge is -2.27. The van der Waals surface area contributed by atoms with E-state index in [2.05, 4.69) is 26.2 Å². The van der Waals surface area contributed by atoms with Gasteiger partial charge in [-0.05, 0) is 45.0 Å². The third-order valence-corrected chi connectivity index (χ3v) is 5.45. The van der Waals surface area contributed by atoms with Crippen LogP contribution in [0, 0.1) is 0 Å². The van der Waals surface area contributed by atoms with Gasteiger partial charge in [-0.1, -0.05) is 22.0 Å². The van der Waals surface area contributed by atoms with Crippen LogP contribution in [0.5, 0.6) is 11.6 Å². The first-order valence-electron chi connectivity index (χ1n) is 8.83. The van der Waals surface area contributed by atoms with Crippen LogP contribution in [0.15, 0.2) is 47.1 Å². The molecule has 0 aliphatic carbocycles. The molecule has 1 aliphatic rings. The molecule has 8 heteroatoms. The molecule has 148 valence electrons. The summed E-state index contributed by atoms with van der Waals surface area (Å²) in [5.41, 5.74) is 0.0871. The lowest BCUT2D eigenvalue weighted by molar-refractivity contribution is -0.125. The third kappa shape index (κ3) is 5.26. The van der Waals surface area contributed by atoms with Crippen LogP contribution in [0.1, 0.15) is 31.1 Å².